The van der Waals surface area contributed by atoms with E-state index in [2.05, 4.69) is 15.7 Å². The third-order valence-corrected chi connectivity index (χ3v) is 10.3. The molecule has 0 radical (unpaired) electrons. The molecule has 2 fully saturated rings. The van der Waals surface area contributed by atoms with Crippen molar-refractivity contribution < 1.29 is 29.0 Å². The number of hydrogen-bond acceptors (Lipinski definition) is 8. The van der Waals surface area contributed by atoms with Crippen molar-refractivity contribution in [3.8, 4) is 0 Å². The molecule has 4 aliphatic heterocycles. The van der Waals surface area contributed by atoms with Gasteiger partial charge < -0.3 is 30.0 Å². The number of amides is 2. The van der Waals surface area contributed by atoms with Crippen molar-refractivity contribution in [2.24, 2.45) is 10.8 Å². The van der Waals surface area contributed by atoms with Gasteiger partial charge in [-0.3, -0.25) is 19.0 Å². The summed E-state index contributed by atoms with van der Waals surface area (Å²) in [7, 11) is 0. The third-order valence-electron chi connectivity index (χ3n) is 10.3. The second kappa shape index (κ2) is 15.7. The summed E-state index contributed by atoms with van der Waals surface area (Å²) in [5.74, 6) is -0.00882. The van der Waals surface area contributed by atoms with Crippen molar-refractivity contribution in [2.45, 2.75) is 104 Å². The summed E-state index contributed by atoms with van der Waals surface area (Å²) < 4.78 is 14.7. The van der Waals surface area contributed by atoms with E-state index in [1.807, 2.05) is 23.2 Å². The Hall–Kier alpha value is -3.09. The predicted octanol–water partition coefficient (Wildman–Crippen LogP) is 2.81. The molecule has 6 rings (SSSR count). The molecule has 46 heavy (non-hydrogen) atoms. The topological polar surface area (TPSA) is 150 Å². The number of nitrogens with one attached hydrogen (secondary N) is 2. The Morgan fingerprint density at radius 1 is 0.761 bits per heavy atom. The van der Waals surface area contributed by atoms with Crippen LogP contribution in [0, 0.1) is 10.8 Å². The fraction of sp³-hybridized carbons (Fsp3) is 0.735. The molecular weight excluding hydrogens is 588 g/mol. The number of aliphatic hydroxyl groups is 1. The monoisotopic (exact) mass is 640 g/mol. The normalized spacial score (nSPS) is 20.1. The second-order valence-electron chi connectivity index (χ2n) is 13.4. The number of aldehydes is 1. The highest BCUT2D eigenvalue weighted by Crippen LogP contribution is 2.39. The van der Waals surface area contributed by atoms with Gasteiger partial charge in [-0.15, -0.1) is 0 Å². The molecule has 2 saturated heterocycles. The van der Waals surface area contributed by atoms with Crippen LogP contribution in [-0.4, -0.2) is 88.9 Å². The lowest BCUT2D eigenvalue weighted by Crippen LogP contribution is -2.40. The number of unbranched alkanes of at least 4 members (excludes halogenated alkanes) is 2. The lowest BCUT2D eigenvalue weighted by Gasteiger charge is -2.36. The molecule has 254 valence electrons. The van der Waals surface area contributed by atoms with Crippen molar-refractivity contribution in [3.63, 3.8) is 0 Å². The highest BCUT2D eigenvalue weighted by molar-refractivity contribution is 5.95. The van der Waals surface area contributed by atoms with E-state index in [0.717, 1.165) is 144 Å². The number of rotatable bonds is 10. The van der Waals surface area contributed by atoms with Crippen LogP contribution < -0.4 is 10.6 Å². The fourth-order valence-corrected chi connectivity index (χ4v) is 7.49. The Labute approximate surface area is 272 Å². The summed E-state index contributed by atoms with van der Waals surface area (Å²) >= 11 is 0. The zero-order valence-electron chi connectivity index (χ0n) is 27.7. The summed E-state index contributed by atoms with van der Waals surface area (Å²) in [6.07, 6.45) is 11.2. The zero-order chi connectivity index (χ0) is 32.6. The number of carbonyl (C=O) groups is 3. The Bertz CT molecular complexity index is 1350. The summed E-state index contributed by atoms with van der Waals surface area (Å²) in [5.41, 5.74) is 5.90. The molecule has 2 spiro atoms. The number of aliphatic hydroxyl groups excluding tert-OH is 1. The number of nitrogens with zero attached hydrogens (tertiary/aromatic N) is 4. The zero-order valence-corrected chi connectivity index (χ0v) is 27.7. The van der Waals surface area contributed by atoms with Gasteiger partial charge in [0, 0.05) is 76.8 Å². The van der Waals surface area contributed by atoms with E-state index in [1.165, 1.54) is 0 Å². The van der Waals surface area contributed by atoms with Crippen LogP contribution >= 0.6 is 0 Å². The van der Waals surface area contributed by atoms with Crippen LogP contribution in [0.2, 0.25) is 0 Å². The minimum atomic E-state index is -0.0145. The van der Waals surface area contributed by atoms with Gasteiger partial charge in [0.2, 0.25) is 0 Å². The maximum absolute atomic E-state index is 12.6. The van der Waals surface area contributed by atoms with Crippen LogP contribution in [0.1, 0.15) is 109 Å². The van der Waals surface area contributed by atoms with Crippen LogP contribution in [-0.2, 0) is 53.0 Å². The van der Waals surface area contributed by atoms with E-state index in [4.69, 9.17) is 19.7 Å². The molecule has 0 bridgehead atoms. The van der Waals surface area contributed by atoms with E-state index < -0.39 is 0 Å². The number of carbonyl (C=O) groups excluding carboxylic acids is 3. The predicted molar refractivity (Wildman–Crippen MR) is 172 cm³/mol. The highest BCUT2D eigenvalue weighted by atomic mass is 16.5. The van der Waals surface area contributed by atoms with Crippen LogP contribution in [0.25, 0.3) is 0 Å². The average molecular weight is 641 g/mol. The standard InChI is InChI=1S/C17H27N3O3.C17H25N3O3/c2*1-2-20-15-13(14(19-20)5-3-4-8-21)11-17(12-18-16(15)22)6-9-23-10-7-17/h21H,2-12H2,1H3,(H,18,22);8H,2-7,9-12H2,1H3,(H,18,22). The molecule has 0 unspecified atom stereocenters. The summed E-state index contributed by atoms with van der Waals surface area (Å²) in [6, 6.07) is 0. The van der Waals surface area contributed by atoms with Crippen LogP contribution in [0.5, 0.6) is 0 Å². The average Bonchev–Trinajstić information content (AvgIpc) is 3.51. The number of aryl methyl sites for hydroxylation is 4. The first-order valence-corrected chi connectivity index (χ1v) is 17.3. The first kappa shape index (κ1) is 34.3. The lowest BCUT2D eigenvalue weighted by atomic mass is 9.75. The van der Waals surface area contributed by atoms with Gasteiger partial charge in [0.05, 0.1) is 11.4 Å². The first-order valence-electron chi connectivity index (χ1n) is 17.3. The Morgan fingerprint density at radius 3 is 1.63 bits per heavy atom. The SMILES string of the molecule is CCn1nc(CCCC=O)c2c1C(=O)NCC1(CCOCC1)C2.CCn1nc(CCCCO)c2c1C(=O)NCC1(CCOCC1)C2. The Balaban J connectivity index is 0.000000181. The van der Waals surface area contributed by atoms with Crippen LogP contribution in [0.3, 0.4) is 0 Å². The van der Waals surface area contributed by atoms with Crippen molar-refractivity contribution in [1.82, 2.24) is 30.2 Å². The largest absolute Gasteiger partial charge is 0.396 e. The second-order valence-corrected chi connectivity index (χ2v) is 13.4. The summed E-state index contributed by atoms with van der Waals surface area (Å²) in [4.78, 5) is 35.8. The number of hydrogen-bond donors (Lipinski definition) is 3. The molecule has 2 amide bonds. The van der Waals surface area contributed by atoms with Crippen molar-refractivity contribution in [3.05, 3.63) is 33.9 Å². The molecule has 12 heteroatoms. The van der Waals surface area contributed by atoms with E-state index in [9.17, 15) is 14.4 Å². The maximum atomic E-state index is 12.6. The molecule has 12 nitrogen and oxygen atoms in total. The fourth-order valence-electron chi connectivity index (χ4n) is 7.49. The first-order chi connectivity index (χ1) is 22.4. The van der Waals surface area contributed by atoms with Gasteiger partial charge in [-0.25, -0.2) is 0 Å². The Kier molecular flexibility index (Phi) is 11.7. The van der Waals surface area contributed by atoms with E-state index >= 15 is 0 Å². The summed E-state index contributed by atoms with van der Waals surface area (Å²) in [6.45, 7) is 10.1. The van der Waals surface area contributed by atoms with E-state index in [-0.39, 0.29) is 29.3 Å². The van der Waals surface area contributed by atoms with E-state index in [0.29, 0.717) is 26.1 Å². The van der Waals surface area contributed by atoms with Crippen molar-refractivity contribution in [1.29, 1.82) is 0 Å². The van der Waals surface area contributed by atoms with Gasteiger partial charge in [-0.1, -0.05) is 0 Å². The number of aromatic nitrogens is 4. The van der Waals surface area contributed by atoms with Gasteiger partial charge in [-0.05, 0) is 95.3 Å². The Morgan fingerprint density at radius 2 is 1.22 bits per heavy atom. The smallest absolute Gasteiger partial charge is 0.269 e. The molecule has 0 atom stereocenters. The lowest BCUT2D eigenvalue weighted by molar-refractivity contribution is -0.107. The van der Waals surface area contributed by atoms with Crippen LogP contribution in [0.4, 0.5) is 0 Å². The minimum Gasteiger partial charge on any atom is -0.396 e. The van der Waals surface area contributed by atoms with Crippen molar-refractivity contribution in [2.75, 3.05) is 46.1 Å². The maximum Gasteiger partial charge on any atom is 0.269 e. The van der Waals surface area contributed by atoms with Gasteiger partial charge in [0.25, 0.3) is 11.8 Å². The quantitative estimate of drug-likeness (QED) is 0.265. The molecule has 6 heterocycles. The molecule has 0 saturated carbocycles. The van der Waals surface area contributed by atoms with Gasteiger partial charge >= 0.3 is 0 Å². The molecule has 0 aromatic carbocycles. The molecule has 3 N–H and O–H groups in total. The molecule has 0 aliphatic carbocycles. The molecule has 4 aliphatic rings. The molecular formula is C34H52N6O6. The third kappa shape index (κ3) is 7.55. The minimum absolute atomic E-state index is 0.00567. The number of fused-ring (bicyclic) bond motifs is 2. The number of ether oxygens (including phenoxy) is 2. The van der Waals surface area contributed by atoms with Gasteiger partial charge in [0.15, 0.2) is 0 Å². The molecule has 2 aromatic heterocycles. The van der Waals surface area contributed by atoms with Crippen molar-refractivity contribution >= 4 is 18.1 Å². The molecule has 2 aromatic rings. The van der Waals surface area contributed by atoms with E-state index in [1.54, 1.807) is 0 Å². The summed E-state index contributed by atoms with van der Waals surface area (Å²) in [5, 5.41) is 24.6. The highest BCUT2D eigenvalue weighted by Gasteiger charge is 2.41. The van der Waals surface area contributed by atoms with Gasteiger partial charge in [0.1, 0.15) is 17.7 Å². The van der Waals surface area contributed by atoms with Gasteiger partial charge in [-0.2, -0.15) is 10.2 Å². The van der Waals surface area contributed by atoms with Crippen LogP contribution in [0.15, 0.2) is 0 Å².